The Hall–Kier alpha value is -2.47. The predicted molar refractivity (Wildman–Crippen MR) is 92.1 cm³/mol. The van der Waals surface area contributed by atoms with E-state index in [4.69, 9.17) is 0 Å². The van der Waals surface area contributed by atoms with E-state index in [-0.39, 0.29) is 11.7 Å². The molecule has 1 N–H and O–H groups in total. The summed E-state index contributed by atoms with van der Waals surface area (Å²) in [4.78, 5) is 17.4. The minimum Gasteiger partial charge on any atom is -0.349 e. The molecule has 4 rings (SSSR count). The number of halogens is 1. The number of carbonyl (C=O) groups is 1. The van der Waals surface area contributed by atoms with Gasteiger partial charge in [-0.25, -0.2) is 9.37 Å². The van der Waals surface area contributed by atoms with Crippen LogP contribution in [0.25, 0.3) is 16.3 Å². The highest BCUT2D eigenvalue weighted by atomic mass is 32.1. The molecule has 0 bridgehead atoms. The van der Waals surface area contributed by atoms with E-state index < -0.39 is 0 Å². The van der Waals surface area contributed by atoms with E-state index in [1.165, 1.54) is 23.5 Å². The van der Waals surface area contributed by atoms with Crippen molar-refractivity contribution in [3.05, 3.63) is 59.1 Å². The van der Waals surface area contributed by atoms with Gasteiger partial charge in [0.25, 0.3) is 5.91 Å². The number of carbonyl (C=O) groups excluding carboxylic acids is 1. The highest BCUT2D eigenvalue weighted by Crippen LogP contribution is 2.27. The van der Waals surface area contributed by atoms with Crippen LogP contribution in [0.1, 0.15) is 28.3 Å². The van der Waals surface area contributed by atoms with Crippen LogP contribution in [0, 0.1) is 12.7 Å². The molecule has 0 unspecified atom stereocenters. The molecule has 0 saturated heterocycles. The molecule has 2 heterocycles. The summed E-state index contributed by atoms with van der Waals surface area (Å²) in [6, 6.07) is 10.4. The van der Waals surface area contributed by atoms with Gasteiger partial charge in [-0.3, -0.25) is 9.36 Å². The molecule has 24 heavy (non-hydrogen) atoms. The molecule has 3 aromatic rings. The lowest BCUT2D eigenvalue weighted by Gasteiger charge is -2.01. The molecule has 1 saturated carbocycles. The number of aromatic nitrogens is 2. The Balaban J connectivity index is 1.61. The van der Waals surface area contributed by atoms with Crippen molar-refractivity contribution >= 4 is 17.2 Å². The van der Waals surface area contributed by atoms with Crippen LogP contribution >= 0.6 is 11.3 Å². The van der Waals surface area contributed by atoms with Gasteiger partial charge in [0.05, 0.1) is 10.6 Å². The molecule has 2 aromatic heterocycles. The van der Waals surface area contributed by atoms with Crippen LogP contribution in [0.15, 0.2) is 42.6 Å². The van der Waals surface area contributed by atoms with Gasteiger partial charge < -0.3 is 5.32 Å². The second-order valence-corrected chi connectivity index (χ2v) is 7.00. The van der Waals surface area contributed by atoms with Crippen LogP contribution < -0.4 is 5.32 Å². The summed E-state index contributed by atoms with van der Waals surface area (Å²) in [5.41, 5.74) is 1.64. The third-order valence-electron chi connectivity index (χ3n) is 3.99. The van der Waals surface area contributed by atoms with Gasteiger partial charge in [0.2, 0.25) is 0 Å². The van der Waals surface area contributed by atoms with E-state index in [2.05, 4.69) is 10.3 Å². The molecule has 0 spiro atoms. The molecule has 0 aliphatic heterocycles. The smallest absolute Gasteiger partial charge is 0.261 e. The van der Waals surface area contributed by atoms with Gasteiger partial charge in [-0.05, 0) is 56.2 Å². The van der Waals surface area contributed by atoms with Crippen LogP contribution in [-0.2, 0) is 0 Å². The van der Waals surface area contributed by atoms with Crippen molar-refractivity contribution in [3.63, 3.8) is 0 Å². The number of hydrogen-bond acceptors (Lipinski definition) is 3. The molecule has 6 heteroatoms. The van der Waals surface area contributed by atoms with Crippen LogP contribution in [0.2, 0.25) is 0 Å². The minimum absolute atomic E-state index is 0.00900. The van der Waals surface area contributed by atoms with Gasteiger partial charge in [-0.15, -0.1) is 11.3 Å². The highest BCUT2D eigenvalue weighted by Gasteiger charge is 2.24. The predicted octanol–water partition coefficient (Wildman–Crippen LogP) is 3.94. The van der Waals surface area contributed by atoms with Crippen molar-refractivity contribution in [1.82, 2.24) is 14.9 Å². The molecular formula is C18H16FN3OS. The van der Waals surface area contributed by atoms with Crippen molar-refractivity contribution in [2.75, 3.05) is 0 Å². The fraction of sp³-hybridized carbons (Fsp3) is 0.222. The lowest BCUT2D eigenvalue weighted by molar-refractivity contribution is 0.0955. The maximum Gasteiger partial charge on any atom is 0.261 e. The Morgan fingerprint density at radius 3 is 2.71 bits per heavy atom. The topological polar surface area (TPSA) is 46.9 Å². The average molecular weight is 341 g/mol. The first-order valence-corrected chi connectivity index (χ1v) is 8.65. The van der Waals surface area contributed by atoms with Crippen molar-refractivity contribution in [2.24, 2.45) is 0 Å². The normalized spacial score (nSPS) is 13.9. The third kappa shape index (κ3) is 2.97. The van der Waals surface area contributed by atoms with Crippen LogP contribution in [0.4, 0.5) is 4.39 Å². The van der Waals surface area contributed by atoms with Crippen molar-refractivity contribution < 1.29 is 9.18 Å². The molecule has 1 aliphatic rings. The molecule has 4 nitrogen and oxygen atoms in total. The van der Waals surface area contributed by atoms with E-state index in [1.54, 1.807) is 12.1 Å². The van der Waals surface area contributed by atoms with E-state index in [0.29, 0.717) is 10.9 Å². The summed E-state index contributed by atoms with van der Waals surface area (Å²) < 4.78 is 15.0. The first-order valence-electron chi connectivity index (χ1n) is 7.83. The van der Waals surface area contributed by atoms with Crippen LogP contribution in [0.3, 0.4) is 0 Å². The first-order chi connectivity index (χ1) is 11.6. The number of imidazole rings is 1. The number of thiophene rings is 1. The zero-order valence-corrected chi connectivity index (χ0v) is 13.9. The summed E-state index contributed by atoms with van der Waals surface area (Å²) in [5.74, 6) is 0.551. The van der Waals surface area contributed by atoms with Gasteiger partial charge in [-0.1, -0.05) is 0 Å². The van der Waals surface area contributed by atoms with E-state index in [9.17, 15) is 9.18 Å². The molecule has 0 radical (unpaired) electrons. The maximum atomic E-state index is 13.1. The van der Waals surface area contributed by atoms with Gasteiger partial charge in [-0.2, -0.15) is 0 Å². The summed E-state index contributed by atoms with van der Waals surface area (Å²) >= 11 is 1.44. The summed E-state index contributed by atoms with van der Waals surface area (Å²) in [7, 11) is 0. The largest absolute Gasteiger partial charge is 0.349 e. The highest BCUT2D eigenvalue weighted by molar-refractivity contribution is 7.16. The maximum absolute atomic E-state index is 13.1. The summed E-state index contributed by atoms with van der Waals surface area (Å²) in [5, 5.41) is 3.94. The zero-order valence-electron chi connectivity index (χ0n) is 13.1. The van der Waals surface area contributed by atoms with Crippen LogP contribution in [-0.4, -0.2) is 21.5 Å². The fourth-order valence-corrected chi connectivity index (χ4v) is 3.45. The lowest BCUT2D eigenvalue weighted by atomic mass is 10.2. The summed E-state index contributed by atoms with van der Waals surface area (Å²) in [6.45, 7) is 1.91. The Labute approximate surface area is 143 Å². The third-order valence-corrected chi connectivity index (χ3v) is 5.07. The van der Waals surface area contributed by atoms with Gasteiger partial charge in [0, 0.05) is 17.8 Å². The number of nitrogens with zero attached hydrogens (tertiary/aromatic N) is 2. The molecule has 122 valence electrons. The zero-order chi connectivity index (χ0) is 16.7. The summed E-state index contributed by atoms with van der Waals surface area (Å²) in [6.07, 6.45) is 4.06. The molecule has 1 aliphatic carbocycles. The van der Waals surface area contributed by atoms with Gasteiger partial charge in [0.1, 0.15) is 16.6 Å². The lowest BCUT2D eigenvalue weighted by Crippen LogP contribution is -2.24. The Morgan fingerprint density at radius 1 is 1.25 bits per heavy atom. The fourth-order valence-electron chi connectivity index (χ4n) is 2.52. The van der Waals surface area contributed by atoms with Crippen molar-refractivity contribution in [1.29, 1.82) is 0 Å². The number of amides is 1. The minimum atomic E-state index is -0.264. The molecule has 1 amide bonds. The monoisotopic (exact) mass is 341 g/mol. The van der Waals surface area contributed by atoms with Gasteiger partial charge >= 0.3 is 0 Å². The van der Waals surface area contributed by atoms with Gasteiger partial charge in [0.15, 0.2) is 0 Å². The number of benzene rings is 1. The molecular weight excluding hydrogens is 325 g/mol. The quantitative estimate of drug-likeness (QED) is 0.781. The molecule has 1 fully saturated rings. The number of nitrogens with one attached hydrogen (secondary N) is 1. The van der Waals surface area contributed by atoms with Crippen molar-refractivity contribution in [3.8, 4) is 16.3 Å². The first kappa shape index (κ1) is 15.1. The van der Waals surface area contributed by atoms with E-state index >= 15 is 0 Å². The molecule has 0 atom stereocenters. The second kappa shape index (κ2) is 5.87. The Bertz CT molecular complexity index is 893. The van der Waals surface area contributed by atoms with E-state index in [0.717, 1.165) is 34.9 Å². The van der Waals surface area contributed by atoms with Crippen LogP contribution in [0.5, 0.6) is 0 Å². The number of rotatable bonds is 4. The second-order valence-electron chi connectivity index (χ2n) is 5.94. The standard InChI is InChI=1S/C18H16FN3OS/c1-11-20-15(12-2-4-13(19)5-3-12)10-22(11)17-9-8-16(24-17)18(23)21-14-6-7-14/h2-5,8-10,14H,6-7H2,1H3,(H,21,23). The van der Waals surface area contributed by atoms with Crippen molar-refractivity contribution in [2.45, 2.75) is 25.8 Å². The average Bonchev–Trinajstić information content (AvgIpc) is 3.10. The number of aryl methyl sites for hydroxylation is 1. The Morgan fingerprint density at radius 2 is 2.00 bits per heavy atom. The number of hydrogen-bond donors (Lipinski definition) is 1. The van der Waals surface area contributed by atoms with E-state index in [1.807, 2.05) is 29.8 Å². The molecule has 1 aromatic carbocycles. The SMILES string of the molecule is Cc1nc(-c2ccc(F)cc2)cn1-c1ccc(C(=O)NC2CC2)s1. The Kier molecular flexibility index (Phi) is 3.69.